The Morgan fingerprint density at radius 1 is 1.20 bits per heavy atom. The third-order valence-corrected chi connectivity index (χ3v) is 3.82. The molecule has 0 unspecified atom stereocenters. The maximum absolute atomic E-state index is 12.0. The van der Waals surface area contributed by atoms with Crippen molar-refractivity contribution in [1.29, 1.82) is 0 Å². The van der Waals surface area contributed by atoms with Gasteiger partial charge in [0, 0.05) is 35.1 Å². The number of fused-ring (bicyclic) bond motifs is 1. The van der Waals surface area contributed by atoms with E-state index in [1.54, 1.807) is 12.1 Å². The molecule has 1 aliphatic carbocycles. The summed E-state index contributed by atoms with van der Waals surface area (Å²) >= 11 is 0. The van der Waals surface area contributed by atoms with E-state index < -0.39 is 5.91 Å². The fourth-order valence-corrected chi connectivity index (χ4v) is 2.87. The van der Waals surface area contributed by atoms with Crippen molar-refractivity contribution < 1.29 is 9.59 Å². The zero-order chi connectivity index (χ0) is 14.3. The van der Waals surface area contributed by atoms with Gasteiger partial charge in [-0.25, -0.2) is 0 Å². The topological polar surface area (TPSA) is 65.1 Å². The van der Waals surface area contributed by atoms with Gasteiger partial charge in [-0.1, -0.05) is 0 Å². The van der Waals surface area contributed by atoms with Gasteiger partial charge in [-0.05, 0) is 49.6 Å². The van der Waals surface area contributed by atoms with Gasteiger partial charge in [0.15, 0.2) is 5.78 Å². The van der Waals surface area contributed by atoms with Crippen molar-refractivity contribution >= 4 is 11.7 Å². The molecule has 0 saturated carbocycles. The van der Waals surface area contributed by atoms with Crippen molar-refractivity contribution in [3.05, 3.63) is 52.8 Å². The molecule has 2 aromatic rings. The van der Waals surface area contributed by atoms with Crippen LogP contribution in [0.3, 0.4) is 0 Å². The van der Waals surface area contributed by atoms with Crippen LogP contribution in [0.5, 0.6) is 0 Å². The van der Waals surface area contributed by atoms with Crippen LogP contribution in [0.25, 0.3) is 5.69 Å². The summed E-state index contributed by atoms with van der Waals surface area (Å²) in [4.78, 5) is 23.1. The molecule has 1 heterocycles. The van der Waals surface area contributed by atoms with Gasteiger partial charge < -0.3 is 10.3 Å². The van der Waals surface area contributed by atoms with E-state index in [-0.39, 0.29) is 5.78 Å². The summed E-state index contributed by atoms with van der Waals surface area (Å²) in [6.07, 6.45) is 4.44. The predicted molar refractivity (Wildman–Crippen MR) is 76.3 cm³/mol. The van der Waals surface area contributed by atoms with Crippen molar-refractivity contribution in [3.8, 4) is 5.69 Å². The summed E-state index contributed by atoms with van der Waals surface area (Å²) in [5.74, 6) is -0.200. The number of nitrogens with two attached hydrogens (primary N) is 1. The van der Waals surface area contributed by atoms with E-state index in [1.807, 2.05) is 29.8 Å². The molecule has 1 aromatic heterocycles. The average molecular weight is 268 g/mol. The number of rotatable bonds is 2. The lowest BCUT2D eigenvalue weighted by Crippen LogP contribution is -2.13. The molecular weight excluding hydrogens is 252 g/mol. The summed E-state index contributed by atoms with van der Waals surface area (Å²) in [5, 5.41) is 0. The first-order valence-corrected chi connectivity index (χ1v) is 6.72. The summed E-state index contributed by atoms with van der Waals surface area (Å²) in [6.45, 7) is 1.97. The molecular formula is C16H16N2O2. The van der Waals surface area contributed by atoms with E-state index in [0.29, 0.717) is 12.0 Å². The highest BCUT2D eigenvalue weighted by Crippen LogP contribution is 2.28. The molecule has 1 aromatic carbocycles. The van der Waals surface area contributed by atoms with Gasteiger partial charge in [-0.2, -0.15) is 0 Å². The molecule has 102 valence electrons. The van der Waals surface area contributed by atoms with Crippen LogP contribution in [0.1, 0.15) is 44.8 Å². The minimum atomic E-state index is -0.433. The standard InChI is InChI=1S/C16H16N2O2/c1-10-9-18(13-3-2-4-14(19)15(10)13)12-7-5-11(6-8-12)16(17)20/h5-9H,2-4H2,1H3,(H2,17,20). The van der Waals surface area contributed by atoms with Crippen LogP contribution in [0.4, 0.5) is 0 Å². The first-order chi connectivity index (χ1) is 9.58. The second-order valence-corrected chi connectivity index (χ2v) is 5.19. The Hall–Kier alpha value is -2.36. The highest BCUT2D eigenvalue weighted by Gasteiger charge is 2.23. The molecule has 0 aliphatic heterocycles. The van der Waals surface area contributed by atoms with Crippen molar-refractivity contribution in [1.82, 2.24) is 4.57 Å². The molecule has 0 spiro atoms. The number of hydrogen-bond donors (Lipinski definition) is 1. The molecule has 1 aliphatic rings. The first-order valence-electron chi connectivity index (χ1n) is 6.72. The van der Waals surface area contributed by atoms with Gasteiger partial charge in [0.25, 0.3) is 0 Å². The Morgan fingerprint density at radius 2 is 1.90 bits per heavy atom. The maximum Gasteiger partial charge on any atom is 0.248 e. The summed E-state index contributed by atoms with van der Waals surface area (Å²) in [5.41, 5.74) is 9.65. The third-order valence-electron chi connectivity index (χ3n) is 3.82. The quantitative estimate of drug-likeness (QED) is 0.909. The van der Waals surface area contributed by atoms with Gasteiger partial charge >= 0.3 is 0 Å². The highest BCUT2D eigenvalue weighted by molar-refractivity contribution is 5.99. The van der Waals surface area contributed by atoms with Crippen molar-refractivity contribution in [2.45, 2.75) is 26.2 Å². The van der Waals surface area contributed by atoms with E-state index in [0.717, 1.165) is 35.3 Å². The van der Waals surface area contributed by atoms with E-state index in [1.165, 1.54) is 0 Å². The summed E-state index contributed by atoms with van der Waals surface area (Å²) < 4.78 is 2.05. The van der Waals surface area contributed by atoms with Crippen molar-refractivity contribution in [2.24, 2.45) is 5.73 Å². The number of ketones is 1. The summed E-state index contributed by atoms with van der Waals surface area (Å²) in [7, 11) is 0. The van der Waals surface area contributed by atoms with Gasteiger partial charge in [-0.3, -0.25) is 9.59 Å². The molecule has 20 heavy (non-hydrogen) atoms. The van der Waals surface area contributed by atoms with Gasteiger partial charge in [0.2, 0.25) is 5.91 Å². The molecule has 2 N–H and O–H groups in total. The number of carbonyl (C=O) groups excluding carboxylic acids is 2. The van der Waals surface area contributed by atoms with Gasteiger partial charge in [0.1, 0.15) is 0 Å². The number of hydrogen-bond acceptors (Lipinski definition) is 2. The van der Waals surface area contributed by atoms with Gasteiger partial charge in [0.05, 0.1) is 0 Å². The molecule has 4 heteroatoms. The monoisotopic (exact) mass is 268 g/mol. The smallest absolute Gasteiger partial charge is 0.248 e. The molecule has 3 rings (SSSR count). The van der Waals surface area contributed by atoms with Crippen molar-refractivity contribution in [2.75, 3.05) is 0 Å². The number of carbonyl (C=O) groups is 2. The fraction of sp³-hybridized carbons (Fsp3) is 0.250. The first kappa shape index (κ1) is 12.7. The number of benzene rings is 1. The van der Waals surface area contributed by atoms with Crippen LogP contribution in [-0.4, -0.2) is 16.3 Å². The van der Waals surface area contributed by atoms with Crippen LogP contribution in [-0.2, 0) is 6.42 Å². The lowest BCUT2D eigenvalue weighted by atomic mass is 9.94. The lowest BCUT2D eigenvalue weighted by Gasteiger charge is -2.15. The Bertz CT molecular complexity index is 696. The number of amides is 1. The normalized spacial score (nSPS) is 14.2. The molecule has 0 radical (unpaired) electrons. The highest BCUT2D eigenvalue weighted by atomic mass is 16.1. The average Bonchev–Trinajstić information content (AvgIpc) is 2.77. The number of aromatic nitrogens is 1. The Morgan fingerprint density at radius 3 is 2.55 bits per heavy atom. The Labute approximate surface area is 117 Å². The second-order valence-electron chi connectivity index (χ2n) is 5.19. The number of nitrogens with zero attached hydrogens (tertiary/aromatic N) is 1. The van der Waals surface area contributed by atoms with Crippen LogP contribution >= 0.6 is 0 Å². The molecule has 0 atom stereocenters. The number of Topliss-reactive ketones (excluding diaryl/α,β-unsaturated/α-hetero) is 1. The van der Waals surface area contributed by atoms with E-state index in [9.17, 15) is 9.59 Å². The summed E-state index contributed by atoms with van der Waals surface area (Å²) in [6, 6.07) is 7.14. The predicted octanol–water partition coefficient (Wildman–Crippen LogP) is 2.40. The fourth-order valence-electron chi connectivity index (χ4n) is 2.87. The van der Waals surface area contributed by atoms with Crippen LogP contribution in [0, 0.1) is 6.92 Å². The van der Waals surface area contributed by atoms with Crippen molar-refractivity contribution in [3.63, 3.8) is 0 Å². The number of aryl methyl sites for hydroxylation is 1. The number of primary amides is 1. The van der Waals surface area contributed by atoms with E-state index >= 15 is 0 Å². The van der Waals surface area contributed by atoms with Gasteiger partial charge in [-0.15, -0.1) is 0 Å². The van der Waals surface area contributed by atoms with E-state index in [2.05, 4.69) is 0 Å². The minimum Gasteiger partial charge on any atom is -0.366 e. The van der Waals surface area contributed by atoms with E-state index in [4.69, 9.17) is 5.73 Å². The maximum atomic E-state index is 12.0. The molecule has 0 fully saturated rings. The Balaban J connectivity index is 2.09. The molecule has 0 saturated heterocycles. The minimum absolute atomic E-state index is 0.233. The van der Waals surface area contributed by atoms with Crippen LogP contribution in [0.15, 0.2) is 30.5 Å². The molecule has 4 nitrogen and oxygen atoms in total. The molecule has 1 amide bonds. The largest absolute Gasteiger partial charge is 0.366 e. The third kappa shape index (κ3) is 1.93. The zero-order valence-electron chi connectivity index (χ0n) is 11.3. The van der Waals surface area contributed by atoms with Crippen LogP contribution in [0.2, 0.25) is 0 Å². The SMILES string of the molecule is Cc1cn(-c2ccc(C(N)=O)cc2)c2c1C(=O)CCC2. The molecule has 0 bridgehead atoms. The lowest BCUT2D eigenvalue weighted by molar-refractivity contribution is 0.0969. The second kappa shape index (κ2) is 4.63. The van der Waals surface area contributed by atoms with Crippen LogP contribution < -0.4 is 5.73 Å². The Kier molecular flexibility index (Phi) is 2.93. The zero-order valence-corrected chi connectivity index (χ0v) is 11.3.